The van der Waals surface area contributed by atoms with Gasteiger partial charge in [-0.3, -0.25) is 25.0 Å². The molecular weight excluding hydrogens is 469 g/mol. The quantitative estimate of drug-likeness (QED) is 0.358. The first-order valence-electron chi connectivity index (χ1n) is 12.2. The lowest BCUT2D eigenvalue weighted by atomic mass is 10.1. The second kappa shape index (κ2) is 8.82. The van der Waals surface area contributed by atoms with Gasteiger partial charge < -0.3 is 4.98 Å². The van der Waals surface area contributed by atoms with Crippen LogP contribution in [0.25, 0.3) is 56.0 Å². The first kappa shape index (κ1) is 21.7. The molecule has 37 heavy (non-hydrogen) atoms. The van der Waals surface area contributed by atoms with Crippen LogP contribution in [0.5, 0.6) is 0 Å². The number of nitrogens with one attached hydrogen (secondary N) is 2. The number of H-pyrrole nitrogens is 2. The van der Waals surface area contributed by atoms with Gasteiger partial charge >= 0.3 is 0 Å². The van der Waals surface area contributed by atoms with Crippen molar-refractivity contribution in [2.45, 2.75) is 19.4 Å². The molecule has 2 N–H and O–H groups in total. The van der Waals surface area contributed by atoms with Gasteiger partial charge in [-0.2, -0.15) is 5.10 Å². The summed E-state index contributed by atoms with van der Waals surface area (Å²) >= 11 is 0. The minimum absolute atomic E-state index is 0.234. The molecule has 1 aliphatic heterocycles. The van der Waals surface area contributed by atoms with E-state index in [0.717, 1.165) is 41.8 Å². The van der Waals surface area contributed by atoms with Gasteiger partial charge in [0.15, 0.2) is 17.3 Å². The molecule has 0 spiro atoms. The number of aromatic nitrogens is 8. The van der Waals surface area contributed by atoms with E-state index >= 15 is 4.39 Å². The summed E-state index contributed by atoms with van der Waals surface area (Å²) in [5, 5.41) is 7.60. The molecule has 6 aromatic rings. The van der Waals surface area contributed by atoms with Gasteiger partial charge in [0.2, 0.25) is 0 Å². The third-order valence-electron chi connectivity index (χ3n) is 6.83. The van der Waals surface area contributed by atoms with E-state index in [0.29, 0.717) is 33.6 Å². The normalized spacial score (nSPS) is 14.2. The van der Waals surface area contributed by atoms with E-state index in [9.17, 15) is 0 Å². The number of imidazole rings is 1. The smallest absolute Gasteiger partial charge is 0.178 e. The Balaban J connectivity index is 1.32. The first-order chi connectivity index (χ1) is 18.2. The molecule has 0 atom stereocenters. The van der Waals surface area contributed by atoms with Crippen molar-refractivity contribution >= 4 is 22.1 Å². The number of aromatic amines is 2. The third-order valence-corrected chi connectivity index (χ3v) is 6.83. The van der Waals surface area contributed by atoms with Crippen molar-refractivity contribution in [2.24, 2.45) is 0 Å². The molecule has 10 heteroatoms. The van der Waals surface area contributed by atoms with Crippen LogP contribution < -0.4 is 0 Å². The number of hydrogen-bond donors (Lipinski definition) is 2. The average Bonchev–Trinajstić information content (AvgIpc) is 3.69. The summed E-state index contributed by atoms with van der Waals surface area (Å²) in [5.74, 6) is -0.0450. The second-order valence-corrected chi connectivity index (χ2v) is 9.23. The third kappa shape index (κ3) is 3.82. The monoisotopic (exact) mass is 491 g/mol. The summed E-state index contributed by atoms with van der Waals surface area (Å²) in [6.07, 6.45) is 12.7. The van der Waals surface area contributed by atoms with E-state index in [-0.39, 0.29) is 5.69 Å². The Kier molecular flexibility index (Phi) is 5.17. The average molecular weight is 492 g/mol. The molecule has 1 fully saturated rings. The van der Waals surface area contributed by atoms with E-state index in [1.54, 1.807) is 31.0 Å². The van der Waals surface area contributed by atoms with E-state index in [1.807, 2.05) is 30.5 Å². The zero-order valence-corrected chi connectivity index (χ0v) is 19.8. The summed E-state index contributed by atoms with van der Waals surface area (Å²) < 4.78 is 16.0. The van der Waals surface area contributed by atoms with Crippen molar-refractivity contribution in [3.8, 4) is 33.9 Å². The molecule has 7 heterocycles. The van der Waals surface area contributed by atoms with Gasteiger partial charge in [-0.15, -0.1) is 0 Å². The molecule has 6 aromatic heterocycles. The molecule has 1 saturated heterocycles. The largest absolute Gasteiger partial charge is 0.335 e. The van der Waals surface area contributed by atoms with Gasteiger partial charge in [-0.25, -0.2) is 14.4 Å². The van der Waals surface area contributed by atoms with Gasteiger partial charge in [-0.1, -0.05) is 0 Å². The minimum Gasteiger partial charge on any atom is -0.335 e. The van der Waals surface area contributed by atoms with Gasteiger partial charge in [0, 0.05) is 48.7 Å². The lowest BCUT2D eigenvalue weighted by Gasteiger charge is -2.14. The van der Waals surface area contributed by atoms with Crippen LogP contribution in [0, 0.1) is 5.82 Å². The maximum Gasteiger partial charge on any atom is 0.178 e. The summed E-state index contributed by atoms with van der Waals surface area (Å²) in [7, 11) is 0. The summed E-state index contributed by atoms with van der Waals surface area (Å²) in [6.45, 7) is 2.96. The molecule has 0 unspecified atom stereocenters. The predicted molar refractivity (Wildman–Crippen MR) is 138 cm³/mol. The van der Waals surface area contributed by atoms with Gasteiger partial charge in [-0.05, 0) is 61.3 Å². The number of halogens is 1. The van der Waals surface area contributed by atoms with Crippen molar-refractivity contribution in [1.29, 1.82) is 0 Å². The van der Waals surface area contributed by atoms with Crippen LogP contribution in [-0.2, 0) is 6.54 Å². The minimum atomic E-state index is -0.468. The highest BCUT2D eigenvalue weighted by atomic mass is 19.1. The Hall–Kier alpha value is -4.57. The van der Waals surface area contributed by atoms with Crippen LogP contribution in [0.15, 0.2) is 61.4 Å². The van der Waals surface area contributed by atoms with E-state index < -0.39 is 5.82 Å². The first-order valence-corrected chi connectivity index (χ1v) is 12.2. The van der Waals surface area contributed by atoms with Crippen LogP contribution in [0.2, 0.25) is 0 Å². The van der Waals surface area contributed by atoms with Crippen LogP contribution in [-0.4, -0.2) is 58.1 Å². The fourth-order valence-corrected chi connectivity index (χ4v) is 5.05. The molecule has 0 radical (unpaired) electrons. The number of hydrogen-bond acceptors (Lipinski definition) is 7. The molecular formula is C27H22FN9. The standard InChI is InChI=1S/C27H22FN9/c28-22-21-20(14-32-23(22)18-11-16(12-30-13-18)15-37-9-1-2-10-37)35-36-25(21)27-33-24-19(5-8-31-26(24)34-27)17-3-6-29-7-4-17/h3-8,11-14H,1-2,9-10,15H2,(H,35,36)(H,31,33,34). The predicted octanol–water partition coefficient (Wildman–Crippen LogP) is 4.76. The SMILES string of the molecule is Fc1c(-c2cncc(CN3CCCC3)c2)ncc2[nH]nc(-c3nc4nccc(-c5ccncc5)c4[nH]3)c12. The van der Waals surface area contributed by atoms with Crippen molar-refractivity contribution < 1.29 is 4.39 Å². The van der Waals surface area contributed by atoms with Gasteiger partial charge in [0.1, 0.15) is 11.4 Å². The highest BCUT2D eigenvalue weighted by Gasteiger charge is 2.22. The molecule has 0 aliphatic carbocycles. The summed E-state index contributed by atoms with van der Waals surface area (Å²) in [5.41, 5.74) is 5.93. The molecule has 0 amide bonds. The molecule has 0 saturated carbocycles. The number of rotatable bonds is 5. The Labute approximate surface area is 210 Å². The zero-order valence-electron chi connectivity index (χ0n) is 19.8. The van der Waals surface area contributed by atoms with Crippen LogP contribution >= 0.6 is 0 Å². The van der Waals surface area contributed by atoms with Crippen molar-refractivity contribution in [1.82, 2.24) is 45.0 Å². The molecule has 0 bridgehead atoms. The molecule has 0 aromatic carbocycles. The van der Waals surface area contributed by atoms with E-state index in [1.165, 1.54) is 12.8 Å². The maximum atomic E-state index is 16.0. The number of likely N-dealkylation sites (tertiary alicyclic amines) is 1. The Bertz CT molecular complexity index is 1740. The summed E-state index contributed by atoms with van der Waals surface area (Å²) in [4.78, 5) is 27.6. The maximum absolute atomic E-state index is 16.0. The molecule has 9 nitrogen and oxygen atoms in total. The number of nitrogens with zero attached hydrogens (tertiary/aromatic N) is 7. The van der Waals surface area contributed by atoms with Crippen molar-refractivity contribution in [3.63, 3.8) is 0 Å². The van der Waals surface area contributed by atoms with E-state index in [4.69, 9.17) is 0 Å². The molecule has 7 rings (SSSR count). The van der Waals surface area contributed by atoms with Crippen LogP contribution in [0.4, 0.5) is 4.39 Å². The molecule has 1 aliphatic rings. The lowest BCUT2D eigenvalue weighted by Crippen LogP contribution is -2.18. The lowest BCUT2D eigenvalue weighted by molar-refractivity contribution is 0.331. The topological polar surface area (TPSA) is 112 Å². The second-order valence-electron chi connectivity index (χ2n) is 9.23. The van der Waals surface area contributed by atoms with Crippen LogP contribution in [0.3, 0.4) is 0 Å². The number of fused-ring (bicyclic) bond motifs is 2. The van der Waals surface area contributed by atoms with Crippen molar-refractivity contribution in [2.75, 3.05) is 13.1 Å². The zero-order chi connectivity index (χ0) is 24.8. The molecule has 182 valence electrons. The highest BCUT2D eigenvalue weighted by molar-refractivity contribution is 5.97. The van der Waals surface area contributed by atoms with E-state index in [2.05, 4.69) is 45.0 Å². The van der Waals surface area contributed by atoms with Gasteiger partial charge in [0.25, 0.3) is 0 Å². The Morgan fingerprint density at radius 2 is 1.76 bits per heavy atom. The number of pyridine rings is 4. The summed E-state index contributed by atoms with van der Waals surface area (Å²) in [6, 6.07) is 7.72. The fourth-order valence-electron chi connectivity index (χ4n) is 5.05. The fraction of sp³-hybridized carbons (Fsp3) is 0.185. The Morgan fingerprint density at radius 3 is 2.62 bits per heavy atom. The van der Waals surface area contributed by atoms with Gasteiger partial charge in [0.05, 0.1) is 22.6 Å². The Morgan fingerprint density at radius 1 is 0.892 bits per heavy atom. The van der Waals surface area contributed by atoms with Crippen LogP contribution in [0.1, 0.15) is 18.4 Å². The highest BCUT2D eigenvalue weighted by Crippen LogP contribution is 2.34. The van der Waals surface area contributed by atoms with Crippen molar-refractivity contribution in [3.05, 3.63) is 72.8 Å².